The van der Waals surface area contributed by atoms with Gasteiger partial charge < -0.3 is 14.3 Å². The second kappa shape index (κ2) is 7.50. The Hall–Kier alpha value is -3.33. The summed E-state index contributed by atoms with van der Waals surface area (Å²) in [6.45, 7) is 1.73. The molecular weight excluding hydrogens is 381 g/mol. The zero-order valence-electron chi connectivity index (χ0n) is 13.9. The fraction of sp³-hybridized carbons (Fsp3) is 0.118. The number of carbonyl (C=O) groups excluding carboxylic acids is 1. The molecule has 0 bridgehead atoms. The molecule has 2 amide bonds. The second-order valence-corrected chi connectivity index (χ2v) is 5.62. The second-order valence-electron chi connectivity index (χ2n) is 5.21. The van der Waals surface area contributed by atoms with Gasteiger partial charge in [-0.25, -0.2) is 18.9 Å². The number of ether oxygens (including phenoxy) is 1. The van der Waals surface area contributed by atoms with Gasteiger partial charge in [-0.2, -0.15) is 0 Å². The first-order valence-corrected chi connectivity index (χ1v) is 8.08. The van der Waals surface area contributed by atoms with Crippen LogP contribution in [-0.2, 0) is 4.74 Å². The van der Waals surface area contributed by atoms with E-state index in [1.807, 2.05) is 0 Å². The van der Waals surface area contributed by atoms with Crippen molar-refractivity contribution in [3.8, 4) is 0 Å². The predicted molar refractivity (Wildman–Crippen MR) is 96.2 cm³/mol. The lowest BCUT2D eigenvalue weighted by Gasteiger charge is -2.20. The summed E-state index contributed by atoms with van der Waals surface area (Å²) in [4.78, 5) is 28.5. The molecule has 3 aromatic rings. The van der Waals surface area contributed by atoms with E-state index in [4.69, 9.17) is 20.8 Å². The van der Waals surface area contributed by atoms with E-state index in [9.17, 15) is 19.1 Å². The van der Waals surface area contributed by atoms with Gasteiger partial charge >= 0.3 is 12.2 Å². The monoisotopic (exact) mass is 393 g/mol. The Morgan fingerprint density at radius 3 is 2.85 bits per heavy atom. The highest BCUT2D eigenvalue weighted by atomic mass is 35.5. The van der Waals surface area contributed by atoms with Gasteiger partial charge in [-0.3, -0.25) is 10.3 Å². The molecular formula is C17H13ClFN3O5. The smallest absolute Gasteiger partial charge is 0.416 e. The maximum absolute atomic E-state index is 13.5. The van der Waals surface area contributed by atoms with Crippen molar-refractivity contribution in [1.29, 1.82) is 0 Å². The minimum absolute atomic E-state index is 0.00984. The highest BCUT2D eigenvalue weighted by Gasteiger charge is 2.28. The van der Waals surface area contributed by atoms with Crippen LogP contribution in [0.4, 0.5) is 31.2 Å². The van der Waals surface area contributed by atoms with Crippen molar-refractivity contribution in [2.75, 3.05) is 16.8 Å². The van der Waals surface area contributed by atoms with Crippen LogP contribution in [0.5, 0.6) is 0 Å². The Morgan fingerprint density at radius 1 is 1.41 bits per heavy atom. The average Bonchev–Trinajstić information content (AvgIpc) is 2.96. The van der Waals surface area contributed by atoms with Crippen LogP contribution in [0.2, 0.25) is 5.02 Å². The van der Waals surface area contributed by atoms with Gasteiger partial charge in [0.1, 0.15) is 11.5 Å². The first kappa shape index (κ1) is 18.5. The van der Waals surface area contributed by atoms with E-state index in [0.29, 0.717) is 5.39 Å². The van der Waals surface area contributed by atoms with Gasteiger partial charge in [0.15, 0.2) is 5.58 Å². The van der Waals surface area contributed by atoms with E-state index in [0.717, 1.165) is 17.0 Å². The zero-order valence-corrected chi connectivity index (χ0v) is 14.7. The van der Waals surface area contributed by atoms with E-state index in [-0.39, 0.29) is 34.5 Å². The van der Waals surface area contributed by atoms with Gasteiger partial charge in [0, 0.05) is 6.20 Å². The summed E-state index contributed by atoms with van der Waals surface area (Å²) in [5, 5.41) is 12.2. The van der Waals surface area contributed by atoms with Crippen molar-refractivity contribution >= 4 is 52.0 Å². The Labute approximate surface area is 157 Å². The summed E-state index contributed by atoms with van der Waals surface area (Å²) >= 11 is 5.79. The number of benzene rings is 1. The zero-order chi connectivity index (χ0) is 19.6. The van der Waals surface area contributed by atoms with Crippen molar-refractivity contribution in [3.63, 3.8) is 0 Å². The Bertz CT molecular complexity index is 1020. The molecule has 0 aliphatic carbocycles. The van der Waals surface area contributed by atoms with E-state index in [2.05, 4.69) is 10.3 Å². The van der Waals surface area contributed by atoms with Crippen molar-refractivity contribution < 1.29 is 28.2 Å². The minimum atomic E-state index is -1.40. The Morgan fingerprint density at radius 2 is 2.19 bits per heavy atom. The van der Waals surface area contributed by atoms with Crippen LogP contribution in [0.3, 0.4) is 0 Å². The molecule has 0 unspecified atom stereocenters. The van der Waals surface area contributed by atoms with Gasteiger partial charge in [0.2, 0.25) is 5.88 Å². The average molecular weight is 394 g/mol. The van der Waals surface area contributed by atoms with E-state index >= 15 is 0 Å². The number of carbonyl (C=O) groups is 2. The third kappa shape index (κ3) is 3.63. The van der Waals surface area contributed by atoms with Crippen LogP contribution in [0, 0.1) is 5.82 Å². The third-order valence-electron chi connectivity index (χ3n) is 3.53. The molecule has 0 saturated carbocycles. The maximum atomic E-state index is 13.5. The van der Waals surface area contributed by atoms with Crippen molar-refractivity contribution in [2.45, 2.75) is 6.92 Å². The number of nitrogens with zero attached hydrogens (tertiary/aromatic N) is 2. The van der Waals surface area contributed by atoms with Crippen LogP contribution >= 0.6 is 11.6 Å². The number of hydrogen-bond acceptors (Lipinski definition) is 5. The summed E-state index contributed by atoms with van der Waals surface area (Å²) in [6, 6.07) is 4.95. The van der Waals surface area contributed by atoms with Crippen molar-refractivity contribution in [1.82, 2.24) is 4.98 Å². The molecule has 3 rings (SSSR count). The van der Waals surface area contributed by atoms with Crippen molar-refractivity contribution in [2.24, 2.45) is 0 Å². The lowest BCUT2D eigenvalue weighted by Crippen LogP contribution is -2.25. The number of aromatic nitrogens is 1. The maximum Gasteiger partial charge on any atom is 0.416 e. The number of fused-ring (bicyclic) bond motifs is 1. The predicted octanol–water partition coefficient (Wildman–Crippen LogP) is 5.00. The normalized spacial score (nSPS) is 10.6. The van der Waals surface area contributed by atoms with Crippen LogP contribution in [0.25, 0.3) is 11.0 Å². The summed E-state index contributed by atoms with van der Waals surface area (Å²) < 4.78 is 23.8. The molecule has 2 heterocycles. The SMILES string of the molecule is CCOC(=O)Nc1oc2cnccc2c1N(C(=O)O)c1ccc(F)c(Cl)c1. The third-order valence-corrected chi connectivity index (χ3v) is 3.82. The molecule has 1 aromatic carbocycles. The quantitative estimate of drug-likeness (QED) is 0.645. The number of carboxylic acid groups (broad SMARTS) is 1. The molecule has 0 aliphatic rings. The largest absolute Gasteiger partial charge is 0.464 e. The standard InChI is InChI=1S/C17H13ClFN3O5/c1-2-26-16(23)21-15-14(10-5-6-20-8-13(10)27-15)22(17(24)25)9-3-4-12(19)11(18)7-9/h3-8H,2H2,1H3,(H,21,23)(H,24,25). The van der Waals surface area contributed by atoms with Gasteiger partial charge in [0.25, 0.3) is 0 Å². The van der Waals surface area contributed by atoms with Gasteiger partial charge in [-0.1, -0.05) is 11.6 Å². The molecule has 0 saturated heterocycles. The number of amides is 2. The Kier molecular flexibility index (Phi) is 5.13. The Balaban J connectivity index is 2.19. The van der Waals surface area contributed by atoms with E-state index < -0.39 is 18.0 Å². The van der Waals surface area contributed by atoms with Gasteiger partial charge in [-0.05, 0) is 31.2 Å². The molecule has 0 atom stereocenters. The summed E-state index contributed by atoms with van der Waals surface area (Å²) in [5.74, 6) is -0.865. The molecule has 0 aliphatic heterocycles. The van der Waals surface area contributed by atoms with E-state index in [1.54, 1.807) is 6.92 Å². The molecule has 2 N–H and O–H groups in total. The summed E-state index contributed by atoms with van der Waals surface area (Å²) in [7, 11) is 0. The minimum Gasteiger partial charge on any atom is -0.464 e. The lowest BCUT2D eigenvalue weighted by molar-refractivity contribution is 0.167. The number of halogens is 2. The summed E-state index contributed by atoms with van der Waals surface area (Å²) in [5.41, 5.74) is 0.301. The first-order chi connectivity index (χ1) is 12.9. The van der Waals surface area contributed by atoms with Crippen LogP contribution < -0.4 is 10.2 Å². The lowest BCUT2D eigenvalue weighted by atomic mass is 10.2. The molecule has 2 aromatic heterocycles. The van der Waals surface area contributed by atoms with Gasteiger partial charge in [-0.15, -0.1) is 0 Å². The molecule has 10 heteroatoms. The molecule has 140 valence electrons. The molecule has 27 heavy (non-hydrogen) atoms. The van der Waals surface area contributed by atoms with Crippen LogP contribution in [-0.4, -0.2) is 28.9 Å². The number of pyridine rings is 1. The summed E-state index contributed by atoms with van der Waals surface area (Å²) in [6.07, 6.45) is 0.581. The highest BCUT2D eigenvalue weighted by molar-refractivity contribution is 6.31. The topological polar surface area (TPSA) is 105 Å². The molecule has 0 radical (unpaired) electrons. The fourth-order valence-corrected chi connectivity index (χ4v) is 2.64. The molecule has 8 nitrogen and oxygen atoms in total. The van der Waals surface area contributed by atoms with Crippen molar-refractivity contribution in [3.05, 3.63) is 47.5 Å². The highest BCUT2D eigenvalue weighted by Crippen LogP contribution is 2.42. The first-order valence-electron chi connectivity index (χ1n) is 7.70. The number of hydrogen-bond donors (Lipinski definition) is 2. The van der Waals surface area contributed by atoms with Gasteiger partial charge in [0.05, 0.1) is 28.9 Å². The van der Waals surface area contributed by atoms with E-state index in [1.165, 1.54) is 24.5 Å². The number of rotatable bonds is 4. The number of nitrogens with one attached hydrogen (secondary N) is 1. The van der Waals surface area contributed by atoms with Crippen LogP contribution in [0.15, 0.2) is 41.1 Å². The number of furan rings is 1. The number of anilines is 3. The molecule has 0 spiro atoms. The van der Waals surface area contributed by atoms with Crippen LogP contribution in [0.1, 0.15) is 6.92 Å². The molecule has 0 fully saturated rings. The fourth-order valence-electron chi connectivity index (χ4n) is 2.46.